The average Bonchev–Trinajstić information content (AvgIpc) is 3.87. The molecule has 5 aromatic carbocycles. The molecule has 7 atom stereocenters. The van der Waals surface area contributed by atoms with Crippen molar-refractivity contribution in [3.05, 3.63) is 147 Å². The molecule has 16 heteroatoms. The number of fused-ring (bicyclic) bond motifs is 9. The fraction of sp³-hybridized carbons (Fsp3) is 0.327. The number of nitrogens with zero attached hydrogens (tertiary/aromatic N) is 2. The summed E-state index contributed by atoms with van der Waals surface area (Å²) >= 11 is 1.44. The van der Waals surface area contributed by atoms with Gasteiger partial charge in [0.25, 0.3) is 0 Å². The highest BCUT2D eigenvalue weighted by molar-refractivity contribution is 7.99. The Morgan fingerprint density at radius 1 is 0.831 bits per heavy atom. The second-order valence-corrected chi connectivity index (χ2v) is 19.8. The van der Waals surface area contributed by atoms with Crippen LogP contribution in [0.5, 0.6) is 40.2 Å². The van der Waals surface area contributed by atoms with Crippen LogP contribution in [0.25, 0.3) is 12.2 Å². The lowest BCUT2D eigenvalue weighted by atomic mass is 9.73. The summed E-state index contributed by atoms with van der Waals surface area (Å²) in [5, 5.41) is 26.8. The van der Waals surface area contributed by atoms with Crippen LogP contribution >= 0.6 is 11.8 Å². The summed E-state index contributed by atoms with van der Waals surface area (Å²) in [6.07, 6.45) is 5.92. The van der Waals surface area contributed by atoms with Gasteiger partial charge in [0, 0.05) is 52.7 Å². The molecule has 3 N–H and O–H groups in total. The minimum Gasteiger partial charge on any atom is -0.504 e. The summed E-state index contributed by atoms with van der Waals surface area (Å²) in [7, 11) is 4.97. The zero-order valence-electron chi connectivity index (χ0n) is 39.8. The third-order valence-electron chi connectivity index (χ3n) is 14.8. The number of aliphatic hydroxyl groups excluding tert-OH is 1. The number of benzene rings is 5. The van der Waals surface area contributed by atoms with Crippen molar-refractivity contribution < 1.29 is 57.8 Å². The third-order valence-corrected chi connectivity index (χ3v) is 16.3. The highest BCUT2D eigenvalue weighted by Crippen LogP contribution is 2.64. The van der Waals surface area contributed by atoms with Gasteiger partial charge in [0.15, 0.2) is 40.0 Å². The number of thioether (sulfide) groups is 1. The van der Waals surface area contributed by atoms with Gasteiger partial charge in [-0.05, 0) is 91.4 Å². The Labute approximate surface area is 414 Å². The Hall–Kier alpha value is -6.82. The zero-order chi connectivity index (χ0) is 49.3. The van der Waals surface area contributed by atoms with Crippen LogP contribution in [0.4, 0.5) is 0 Å². The maximum absolute atomic E-state index is 15.1. The van der Waals surface area contributed by atoms with Gasteiger partial charge < -0.3 is 43.4 Å². The van der Waals surface area contributed by atoms with Gasteiger partial charge in [0.05, 0.1) is 37.6 Å². The lowest BCUT2D eigenvalue weighted by Crippen LogP contribution is -2.70. The molecule has 0 amide bonds. The Bertz CT molecular complexity index is 3040. The van der Waals surface area contributed by atoms with E-state index in [0.717, 1.165) is 27.8 Å². The molecule has 366 valence electrons. The smallest absolute Gasteiger partial charge is 0.336 e. The number of hydrogen-bond acceptors (Lipinski definition) is 16. The summed E-state index contributed by atoms with van der Waals surface area (Å²) in [5.74, 6) is 0.140. The maximum Gasteiger partial charge on any atom is 0.336 e. The Morgan fingerprint density at radius 3 is 2.18 bits per heavy atom. The Balaban J connectivity index is 1.13. The maximum atomic E-state index is 15.1. The van der Waals surface area contributed by atoms with Crippen molar-refractivity contribution >= 4 is 41.8 Å². The number of nitrogens with one attached hydrogen (secondary N) is 1. The van der Waals surface area contributed by atoms with E-state index in [-0.39, 0.29) is 42.2 Å². The van der Waals surface area contributed by atoms with Crippen LogP contribution in [-0.4, -0.2) is 103 Å². The molecule has 2 fully saturated rings. The van der Waals surface area contributed by atoms with Crippen molar-refractivity contribution in [2.75, 3.05) is 47.0 Å². The molecule has 0 aromatic heterocycles. The molecule has 15 nitrogen and oxygen atoms in total. The van der Waals surface area contributed by atoms with E-state index < -0.39 is 59.1 Å². The normalized spacial score (nSPS) is 25.2. The first-order valence-electron chi connectivity index (χ1n) is 23.6. The number of aromatic hydroxyl groups is 1. The highest BCUT2D eigenvalue weighted by Gasteiger charge is 2.61. The third kappa shape index (κ3) is 7.71. The molecule has 2 saturated heterocycles. The van der Waals surface area contributed by atoms with Crippen LogP contribution in [0.15, 0.2) is 91.0 Å². The molecule has 0 saturated carbocycles. The number of carbonyl (C=O) groups excluding carboxylic acids is 3. The van der Waals surface area contributed by atoms with E-state index in [1.165, 1.54) is 31.0 Å². The molecule has 71 heavy (non-hydrogen) atoms. The minimum absolute atomic E-state index is 0.0467. The molecule has 7 unspecified atom stereocenters. The second kappa shape index (κ2) is 18.4. The number of carbonyl (C=O) groups is 3. The van der Waals surface area contributed by atoms with Crippen LogP contribution < -0.4 is 33.7 Å². The van der Waals surface area contributed by atoms with E-state index in [4.69, 9.17) is 33.2 Å². The fourth-order valence-corrected chi connectivity index (χ4v) is 13.3. The average molecular weight is 980 g/mol. The lowest BCUT2D eigenvalue weighted by molar-refractivity contribution is -0.186. The van der Waals surface area contributed by atoms with Crippen LogP contribution in [0.1, 0.15) is 73.0 Å². The Kier molecular flexibility index (Phi) is 12.1. The molecule has 0 aliphatic carbocycles. The number of methoxy groups -OCH3 is 2. The molecular formula is C55H53N3O12S. The van der Waals surface area contributed by atoms with E-state index in [0.29, 0.717) is 64.5 Å². The van der Waals surface area contributed by atoms with Crippen molar-refractivity contribution in [1.29, 1.82) is 0 Å². The van der Waals surface area contributed by atoms with Gasteiger partial charge >= 0.3 is 17.9 Å². The van der Waals surface area contributed by atoms with Gasteiger partial charge in [-0.25, -0.2) is 14.4 Å². The zero-order valence-corrected chi connectivity index (χ0v) is 40.6. The molecule has 7 aliphatic rings. The van der Waals surface area contributed by atoms with Crippen molar-refractivity contribution in [1.82, 2.24) is 15.1 Å². The van der Waals surface area contributed by atoms with E-state index in [9.17, 15) is 19.8 Å². The van der Waals surface area contributed by atoms with Gasteiger partial charge in [0.2, 0.25) is 6.79 Å². The summed E-state index contributed by atoms with van der Waals surface area (Å²) in [4.78, 5) is 47.5. The number of ether oxygens (including phenoxy) is 7. The number of esters is 3. The molecule has 7 heterocycles. The number of phenolic OH excluding ortho intramolecular Hbond substituents is 1. The second-order valence-electron chi connectivity index (χ2n) is 18.6. The number of piperazine rings is 1. The van der Waals surface area contributed by atoms with E-state index >= 15 is 4.79 Å². The molecule has 4 bridgehead atoms. The first kappa shape index (κ1) is 46.6. The van der Waals surface area contributed by atoms with Gasteiger partial charge in [-0.15, -0.1) is 11.8 Å². The molecular weight excluding hydrogens is 927 g/mol. The summed E-state index contributed by atoms with van der Waals surface area (Å²) in [5.41, 5.74) is 5.59. The number of rotatable bonds is 8. The SMILES string of the molecule is COc1cc2c(cc1O)CCNC21CSC2c3c(OC(=O)C=Cc4ccccc4)c(C)c4c(c3C(COC1=O)N1C(O)C3Cc5cc(C)c(OC)c(OC(=O)C=Cc6ccccc6)c5C(C21)N3C)OCO4. The topological polar surface area (TPSA) is 175 Å². The summed E-state index contributed by atoms with van der Waals surface area (Å²) < 4.78 is 43.7. The summed E-state index contributed by atoms with van der Waals surface area (Å²) in [6.45, 7) is 3.75. The van der Waals surface area contributed by atoms with Gasteiger partial charge in [-0.1, -0.05) is 66.7 Å². The minimum atomic E-state index is -1.44. The van der Waals surface area contributed by atoms with E-state index in [2.05, 4.69) is 10.2 Å². The highest BCUT2D eigenvalue weighted by atomic mass is 32.2. The summed E-state index contributed by atoms with van der Waals surface area (Å²) in [6, 6.07) is 21.6. The van der Waals surface area contributed by atoms with Gasteiger partial charge in [0.1, 0.15) is 18.6 Å². The number of aliphatic hydroxyl groups is 1. The van der Waals surface area contributed by atoms with E-state index in [1.807, 2.05) is 92.5 Å². The number of phenols is 1. The first-order chi connectivity index (χ1) is 34.4. The number of aryl methyl sites for hydroxylation is 1. The van der Waals surface area contributed by atoms with Crippen molar-refractivity contribution in [3.8, 4) is 40.2 Å². The van der Waals surface area contributed by atoms with Crippen LogP contribution in [0.2, 0.25) is 0 Å². The lowest BCUT2D eigenvalue weighted by Gasteiger charge is -2.62. The molecule has 1 spiro atoms. The number of likely N-dealkylation sites (N-methyl/N-ethyl adjacent to an activating group) is 1. The first-order valence-corrected chi connectivity index (χ1v) is 24.6. The molecule has 0 radical (unpaired) electrons. The standard InChI is InChI=1S/C55H53N3O12S/c1-29-22-34-23-36-53(62)58-37-26-66-54(63)55(35-25-39(64-4)38(59)24-33(35)20-21-56-55)27-71-52(44-43(37)50-49(67-28-68-50)30(2)48(44)69-40(60)18-16-31-12-8-6-9-13-31)46(58)45(57(36)3)42(34)51(47(29)65-5)70-41(61)19-17-32-14-10-7-11-15-32/h6-19,22,24-25,36-37,45-46,52-53,56,59,62H,20-21,23,26-28H2,1-5H3. The van der Waals surface area contributed by atoms with Gasteiger partial charge in [-0.2, -0.15) is 0 Å². The van der Waals surface area contributed by atoms with Crippen LogP contribution in [0, 0.1) is 13.8 Å². The van der Waals surface area contributed by atoms with Crippen LogP contribution in [-0.2, 0) is 37.5 Å². The predicted octanol–water partition coefficient (Wildman–Crippen LogP) is 7.02. The fourth-order valence-electron chi connectivity index (χ4n) is 11.7. The molecule has 7 aliphatic heterocycles. The molecule has 12 rings (SSSR count). The van der Waals surface area contributed by atoms with E-state index in [1.54, 1.807) is 31.4 Å². The largest absolute Gasteiger partial charge is 0.504 e. The predicted molar refractivity (Wildman–Crippen MR) is 264 cm³/mol. The quantitative estimate of drug-likeness (QED) is 0.0822. The van der Waals surface area contributed by atoms with Crippen LogP contribution in [0.3, 0.4) is 0 Å². The monoisotopic (exact) mass is 979 g/mol. The van der Waals surface area contributed by atoms with Crippen molar-refractivity contribution in [2.45, 2.75) is 67.9 Å². The van der Waals surface area contributed by atoms with Gasteiger partial charge in [-0.3, -0.25) is 15.1 Å². The van der Waals surface area contributed by atoms with Crippen molar-refractivity contribution in [3.63, 3.8) is 0 Å². The van der Waals surface area contributed by atoms with Crippen molar-refractivity contribution in [2.24, 2.45) is 0 Å². The Morgan fingerprint density at radius 2 is 1.51 bits per heavy atom. The molecule has 5 aromatic rings. The number of hydrogen-bond donors (Lipinski definition) is 3.